The molecule has 3 aromatic carbocycles. The SMILES string of the molecule is Cn1cnc2c3ccc(c4ccc(cc4)[nH]c4ccc3cc4)c21. The van der Waals surface area contributed by atoms with Crippen LogP contribution in [0.25, 0.3) is 43.6 Å². The number of imidazole rings is 1. The molecule has 6 bridgehead atoms. The molecule has 1 N–H and O–H groups in total. The predicted octanol–water partition coefficient (Wildman–Crippen LogP) is 4.92. The van der Waals surface area contributed by atoms with Crippen molar-refractivity contribution in [1.29, 1.82) is 0 Å². The lowest BCUT2D eigenvalue weighted by Crippen LogP contribution is -1.85. The van der Waals surface area contributed by atoms with Crippen molar-refractivity contribution in [3.05, 3.63) is 67.0 Å². The third-order valence-corrected chi connectivity index (χ3v) is 4.54. The van der Waals surface area contributed by atoms with Gasteiger partial charge in [0.05, 0.1) is 17.4 Å². The number of nitrogens with one attached hydrogen (secondary N) is 1. The van der Waals surface area contributed by atoms with Crippen LogP contribution >= 0.6 is 0 Å². The molecular weight excluding hydrogens is 282 g/mol. The normalized spacial score (nSPS) is 11.7. The number of hydrogen-bond acceptors (Lipinski definition) is 1. The Morgan fingerprint density at radius 1 is 0.739 bits per heavy atom. The predicted molar refractivity (Wildman–Crippen MR) is 96.4 cm³/mol. The van der Waals surface area contributed by atoms with Crippen molar-refractivity contribution in [3.8, 4) is 0 Å². The Balaban J connectivity index is 2.20. The minimum atomic E-state index is 1.05. The van der Waals surface area contributed by atoms with Crippen molar-refractivity contribution in [2.45, 2.75) is 0 Å². The number of nitrogens with zero attached hydrogens (tertiary/aromatic N) is 2. The Labute approximate surface area is 132 Å². The van der Waals surface area contributed by atoms with Crippen LogP contribution in [-0.4, -0.2) is 14.5 Å². The third-order valence-electron chi connectivity index (χ3n) is 4.54. The summed E-state index contributed by atoms with van der Waals surface area (Å²) < 4.78 is 2.11. The van der Waals surface area contributed by atoms with Crippen LogP contribution in [0.1, 0.15) is 0 Å². The van der Waals surface area contributed by atoms with Gasteiger partial charge in [-0.2, -0.15) is 0 Å². The van der Waals surface area contributed by atoms with Crippen LogP contribution in [0.3, 0.4) is 0 Å². The Morgan fingerprint density at radius 2 is 1.30 bits per heavy atom. The van der Waals surface area contributed by atoms with Gasteiger partial charge in [-0.3, -0.25) is 0 Å². The molecule has 3 nitrogen and oxygen atoms in total. The van der Waals surface area contributed by atoms with Gasteiger partial charge in [0, 0.05) is 28.9 Å². The lowest BCUT2D eigenvalue weighted by molar-refractivity contribution is 0.951. The van der Waals surface area contributed by atoms with Gasteiger partial charge in [0.2, 0.25) is 0 Å². The number of benzene rings is 3. The lowest BCUT2D eigenvalue weighted by atomic mass is 10.1. The highest BCUT2D eigenvalue weighted by atomic mass is 15.0. The molecule has 110 valence electrons. The molecule has 0 aliphatic heterocycles. The minimum Gasteiger partial charge on any atom is -0.356 e. The van der Waals surface area contributed by atoms with Gasteiger partial charge in [0.1, 0.15) is 0 Å². The molecule has 0 spiro atoms. The van der Waals surface area contributed by atoms with E-state index in [0.717, 1.165) is 16.6 Å². The summed E-state index contributed by atoms with van der Waals surface area (Å²) in [7, 11) is 2.06. The Bertz CT molecular complexity index is 1180. The molecular formula is C20H15N3. The number of rotatable bonds is 0. The van der Waals surface area contributed by atoms with Gasteiger partial charge in [-0.1, -0.05) is 36.4 Å². The van der Waals surface area contributed by atoms with Crippen LogP contribution in [0.5, 0.6) is 0 Å². The second-order valence-corrected chi connectivity index (χ2v) is 5.99. The summed E-state index contributed by atoms with van der Waals surface area (Å²) in [5.41, 5.74) is 4.41. The Hall–Kier alpha value is -3.07. The topological polar surface area (TPSA) is 33.6 Å². The second kappa shape index (κ2) is 4.46. The molecule has 23 heavy (non-hydrogen) atoms. The van der Waals surface area contributed by atoms with Crippen molar-refractivity contribution < 1.29 is 0 Å². The number of H-pyrrole nitrogens is 1. The molecule has 0 aliphatic carbocycles. The molecule has 0 aliphatic rings. The summed E-state index contributed by atoms with van der Waals surface area (Å²) in [6.45, 7) is 0. The molecule has 0 amide bonds. The monoisotopic (exact) mass is 297 g/mol. The van der Waals surface area contributed by atoms with Gasteiger partial charge in [-0.05, 0) is 35.0 Å². The first kappa shape index (κ1) is 12.5. The van der Waals surface area contributed by atoms with Crippen molar-refractivity contribution >= 4 is 43.6 Å². The molecule has 10 rings (SSSR count). The maximum absolute atomic E-state index is 4.66. The molecule has 0 saturated carbocycles. The summed E-state index contributed by atoms with van der Waals surface area (Å²) in [6.07, 6.45) is 1.90. The van der Waals surface area contributed by atoms with Gasteiger partial charge in [-0.15, -0.1) is 0 Å². The average Bonchev–Trinajstić information content (AvgIpc) is 2.99. The number of aromatic nitrogens is 3. The van der Waals surface area contributed by atoms with E-state index in [1.807, 2.05) is 6.33 Å². The molecule has 0 atom stereocenters. The Morgan fingerprint density at radius 3 is 1.96 bits per heavy atom. The van der Waals surface area contributed by atoms with Gasteiger partial charge in [0.25, 0.3) is 0 Å². The van der Waals surface area contributed by atoms with Crippen molar-refractivity contribution in [1.82, 2.24) is 14.5 Å². The second-order valence-electron chi connectivity index (χ2n) is 5.99. The third kappa shape index (κ3) is 1.80. The summed E-state index contributed by atoms with van der Waals surface area (Å²) in [6, 6.07) is 21.5. The summed E-state index contributed by atoms with van der Waals surface area (Å²) in [5.74, 6) is 0. The largest absolute Gasteiger partial charge is 0.356 e. The van der Waals surface area contributed by atoms with Gasteiger partial charge in [-0.25, -0.2) is 4.98 Å². The Kier molecular flexibility index (Phi) is 2.42. The highest BCUT2D eigenvalue weighted by Crippen LogP contribution is 2.28. The number of aryl methyl sites for hydroxylation is 1. The van der Waals surface area contributed by atoms with E-state index in [1.165, 1.54) is 27.1 Å². The molecule has 10 aromatic rings. The van der Waals surface area contributed by atoms with Crippen LogP contribution in [0, 0.1) is 0 Å². The smallest absolute Gasteiger partial charge is 0.0969 e. The quantitative estimate of drug-likeness (QED) is 0.432. The summed E-state index contributed by atoms with van der Waals surface area (Å²) in [4.78, 5) is 8.11. The molecule has 7 heterocycles. The van der Waals surface area contributed by atoms with E-state index in [9.17, 15) is 0 Å². The fraction of sp³-hybridized carbons (Fsp3) is 0.0500. The molecule has 0 fully saturated rings. The van der Waals surface area contributed by atoms with Crippen LogP contribution < -0.4 is 0 Å². The van der Waals surface area contributed by atoms with E-state index >= 15 is 0 Å². The zero-order chi connectivity index (χ0) is 15.4. The van der Waals surface area contributed by atoms with Gasteiger partial charge < -0.3 is 9.55 Å². The average molecular weight is 297 g/mol. The van der Waals surface area contributed by atoms with Crippen LogP contribution in [0.15, 0.2) is 67.0 Å². The van der Waals surface area contributed by atoms with Gasteiger partial charge >= 0.3 is 0 Å². The first-order valence-electron chi connectivity index (χ1n) is 7.71. The fourth-order valence-corrected chi connectivity index (χ4v) is 3.37. The molecule has 7 aromatic heterocycles. The van der Waals surface area contributed by atoms with Crippen molar-refractivity contribution in [2.24, 2.45) is 7.05 Å². The molecule has 0 unspecified atom stereocenters. The van der Waals surface area contributed by atoms with Crippen molar-refractivity contribution in [2.75, 3.05) is 0 Å². The maximum atomic E-state index is 4.66. The van der Waals surface area contributed by atoms with E-state index in [0.29, 0.717) is 0 Å². The zero-order valence-electron chi connectivity index (χ0n) is 12.7. The molecule has 0 saturated heterocycles. The van der Waals surface area contributed by atoms with Crippen LogP contribution in [0.2, 0.25) is 0 Å². The summed E-state index contributed by atoms with van der Waals surface area (Å²) in [5, 5.41) is 4.78. The van der Waals surface area contributed by atoms with Crippen LogP contribution in [0.4, 0.5) is 0 Å². The highest BCUT2D eigenvalue weighted by Gasteiger charge is 2.07. The first-order chi connectivity index (χ1) is 11.3. The van der Waals surface area contributed by atoms with E-state index < -0.39 is 0 Å². The zero-order valence-corrected chi connectivity index (χ0v) is 12.7. The molecule has 0 radical (unpaired) electrons. The standard InChI is InChI=1S/C20H15N3/c1-23-12-21-19-17-10-11-18(20(19)23)14-4-8-16(9-5-14)22-15-6-2-13(17)3-7-15/h2-12,22H,1H3. The number of aromatic amines is 1. The minimum absolute atomic E-state index is 1.05. The molecule has 3 heteroatoms. The van der Waals surface area contributed by atoms with Crippen LogP contribution in [-0.2, 0) is 7.05 Å². The summed E-state index contributed by atoms with van der Waals surface area (Å²) >= 11 is 0. The number of hydrogen-bond donors (Lipinski definition) is 1. The fourth-order valence-electron chi connectivity index (χ4n) is 3.37. The maximum Gasteiger partial charge on any atom is 0.0969 e. The highest BCUT2D eigenvalue weighted by molar-refractivity contribution is 6.13. The van der Waals surface area contributed by atoms with E-state index in [1.54, 1.807) is 0 Å². The first-order valence-corrected chi connectivity index (χ1v) is 7.71. The van der Waals surface area contributed by atoms with Gasteiger partial charge in [0.15, 0.2) is 0 Å². The van der Waals surface area contributed by atoms with E-state index in [-0.39, 0.29) is 0 Å². The van der Waals surface area contributed by atoms with Crippen molar-refractivity contribution in [3.63, 3.8) is 0 Å². The van der Waals surface area contributed by atoms with E-state index in [2.05, 4.69) is 82.2 Å². The van der Waals surface area contributed by atoms with E-state index in [4.69, 9.17) is 0 Å². The lowest BCUT2D eigenvalue weighted by Gasteiger charge is -2.02.